The average Bonchev–Trinajstić information content (AvgIpc) is 2.39. The first-order valence-corrected chi connectivity index (χ1v) is 6.44. The lowest BCUT2D eigenvalue weighted by Gasteiger charge is -2.18. The fourth-order valence-corrected chi connectivity index (χ4v) is 2.20. The molecule has 0 saturated heterocycles. The second kappa shape index (κ2) is 6.15. The molecule has 19 heavy (non-hydrogen) atoms. The molecule has 1 unspecified atom stereocenters. The second-order valence-corrected chi connectivity index (χ2v) is 4.98. The Morgan fingerprint density at radius 1 is 1.21 bits per heavy atom. The summed E-state index contributed by atoms with van der Waals surface area (Å²) in [4.78, 5) is 0. The maximum Gasteiger partial charge on any atom is 0.123 e. The zero-order chi connectivity index (χ0) is 13.8. The molecule has 0 spiro atoms. The van der Waals surface area contributed by atoms with Gasteiger partial charge >= 0.3 is 0 Å². The Hall–Kier alpha value is -1.42. The number of hydrogen-bond donors (Lipinski definition) is 2. The molecule has 3 N–H and O–H groups in total. The van der Waals surface area contributed by atoms with Gasteiger partial charge in [0.05, 0.1) is 0 Å². The summed E-state index contributed by atoms with van der Waals surface area (Å²) in [6, 6.07) is 12.3. The Bertz CT molecular complexity index is 555. The van der Waals surface area contributed by atoms with Crippen molar-refractivity contribution in [3.05, 3.63) is 70.0 Å². The zero-order valence-corrected chi connectivity index (χ0v) is 11.4. The Kier molecular flexibility index (Phi) is 4.53. The van der Waals surface area contributed by atoms with Crippen LogP contribution >= 0.6 is 11.6 Å². The van der Waals surface area contributed by atoms with Crippen molar-refractivity contribution in [1.82, 2.24) is 5.43 Å². The van der Waals surface area contributed by atoms with Gasteiger partial charge in [-0.1, -0.05) is 29.8 Å². The number of hydrogen-bond acceptors (Lipinski definition) is 2. The first-order valence-electron chi connectivity index (χ1n) is 6.07. The van der Waals surface area contributed by atoms with Gasteiger partial charge in [0.15, 0.2) is 0 Å². The van der Waals surface area contributed by atoms with E-state index in [1.807, 2.05) is 31.2 Å². The topological polar surface area (TPSA) is 38.0 Å². The van der Waals surface area contributed by atoms with E-state index in [-0.39, 0.29) is 11.9 Å². The highest BCUT2D eigenvalue weighted by Gasteiger charge is 2.12. The van der Waals surface area contributed by atoms with E-state index in [1.165, 1.54) is 12.1 Å². The van der Waals surface area contributed by atoms with Crippen molar-refractivity contribution in [2.45, 2.75) is 19.4 Å². The maximum atomic E-state index is 13.1. The Balaban J connectivity index is 2.21. The van der Waals surface area contributed by atoms with Crippen molar-refractivity contribution in [2.75, 3.05) is 0 Å². The summed E-state index contributed by atoms with van der Waals surface area (Å²) in [6.45, 7) is 1.90. The number of aryl methyl sites for hydroxylation is 1. The van der Waals surface area contributed by atoms with Gasteiger partial charge in [-0.2, -0.15) is 0 Å². The standard InChI is InChI=1S/C15H16ClFN2/c1-10-8-14(17)7-4-12(10)9-15(19-18)11-2-5-13(16)6-3-11/h2-8,15,19H,9,18H2,1H3. The third-order valence-electron chi connectivity index (χ3n) is 3.20. The van der Waals surface area contributed by atoms with E-state index in [0.29, 0.717) is 11.4 Å². The largest absolute Gasteiger partial charge is 0.271 e. The molecule has 0 amide bonds. The summed E-state index contributed by atoms with van der Waals surface area (Å²) in [5.41, 5.74) is 5.84. The van der Waals surface area contributed by atoms with Crippen LogP contribution < -0.4 is 11.3 Å². The molecule has 2 nitrogen and oxygen atoms in total. The van der Waals surface area contributed by atoms with E-state index in [1.54, 1.807) is 6.07 Å². The molecule has 2 rings (SSSR count). The molecule has 2 aromatic carbocycles. The second-order valence-electron chi connectivity index (χ2n) is 4.55. The monoisotopic (exact) mass is 278 g/mol. The van der Waals surface area contributed by atoms with Gasteiger partial charge in [0.25, 0.3) is 0 Å². The van der Waals surface area contributed by atoms with Crippen LogP contribution in [0.3, 0.4) is 0 Å². The molecule has 0 radical (unpaired) electrons. The maximum absolute atomic E-state index is 13.1. The molecular weight excluding hydrogens is 263 g/mol. The molecule has 4 heteroatoms. The molecule has 0 aliphatic heterocycles. The highest BCUT2D eigenvalue weighted by atomic mass is 35.5. The zero-order valence-electron chi connectivity index (χ0n) is 10.7. The van der Waals surface area contributed by atoms with E-state index in [4.69, 9.17) is 17.4 Å². The molecule has 2 aromatic rings. The van der Waals surface area contributed by atoms with Crippen LogP contribution in [0.2, 0.25) is 5.02 Å². The minimum Gasteiger partial charge on any atom is -0.271 e. The van der Waals surface area contributed by atoms with Gasteiger partial charge in [-0.15, -0.1) is 0 Å². The van der Waals surface area contributed by atoms with Gasteiger partial charge < -0.3 is 0 Å². The lowest BCUT2D eigenvalue weighted by atomic mass is 9.96. The van der Waals surface area contributed by atoms with E-state index < -0.39 is 0 Å². The van der Waals surface area contributed by atoms with Crippen LogP contribution in [0.15, 0.2) is 42.5 Å². The summed E-state index contributed by atoms with van der Waals surface area (Å²) in [6.07, 6.45) is 0.699. The molecule has 100 valence electrons. The van der Waals surface area contributed by atoms with Crippen molar-refractivity contribution in [2.24, 2.45) is 5.84 Å². The molecule has 0 heterocycles. The first-order chi connectivity index (χ1) is 9.10. The quantitative estimate of drug-likeness (QED) is 0.663. The van der Waals surface area contributed by atoms with E-state index >= 15 is 0 Å². The van der Waals surface area contributed by atoms with Gasteiger partial charge in [0.1, 0.15) is 5.82 Å². The number of rotatable bonds is 4. The number of nitrogens with two attached hydrogens (primary N) is 1. The number of nitrogens with one attached hydrogen (secondary N) is 1. The highest BCUT2D eigenvalue weighted by Crippen LogP contribution is 2.22. The third-order valence-corrected chi connectivity index (χ3v) is 3.45. The van der Waals surface area contributed by atoms with Gasteiger partial charge in [-0.3, -0.25) is 11.3 Å². The predicted molar refractivity (Wildman–Crippen MR) is 76.4 cm³/mol. The van der Waals surface area contributed by atoms with Crippen molar-refractivity contribution >= 4 is 11.6 Å². The molecular formula is C15H16ClFN2. The molecule has 0 aliphatic rings. The van der Waals surface area contributed by atoms with Crippen molar-refractivity contribution < 1.29 is 4.39 Å². The van der Waals surface area contributed by atoms with Crippen LogP contribution in [0, 0.1) is 12.7 Å². The third kappa shape index (κ3) is 3.53. The van der Waals surface area contributed by atoms with Gasteiger partial charge in [-0.05, 0) is 54.3 Å². The molecule has 0 fully saturated rings. The fraction of sp³-hybridized carbons (Fsp3) is 0.200. The van der Waals surface area contributed by atoms with Gasteiger partial charge in [0, 0.05) is 11.1 Å². The molecule has 1 atom stereocenters. The summed E-state index contributed by atoms with van der Waals surface area (Å²) in [5.74, 6) is 5.40. The van der Waals surface area contributed by atoms with Gasteiger partial charge in [0.2, 0.25) is 0 Å². The smallest absolute Gasteiger partial charge is 0.123 e. The Labute approximate surface area is 117 Å². The first kappa shape index (κ1) is 14.0. The van der Waals surface area contributed by atoms with E-state index in [0.717, 1.165) is 16.7 Å². The minimum atomic E-state index is -0.218. The van der Waals surface area contributed by atoms with Crippen molar-refractivity contribution in [3.8, 4) is 0 Å². The van der Waals surface area contributed by atoms with Crippen LogP contribution in [0.25, 0.3) is 0 Å². The number of benzene rings is 2. The summed E-state index contributed by atoms with van der Waals surface area (Å²) in [7, 11) is 0. The van der Waals surface area contributed by atoms with Crippen LogP contribution in [0.1, 0.15) is 22.7 Å². The summed E-state index contributed by atoms with van der Waals surface area (Å²) >= 11 is 5.87. The average molecular weight is 279 g/mol. The van der Waals surface area contributed by atoms with E-state index in [2.05, 4.69) is 5.43 Å². The Morgan fingerprint density at radius 3 is 2.47 bits per heavy atom. The number of halogens is 2. The van der Waals surface area contributed by atoms with Crippen LogP contribution in [-0.4, -0.2) is 0 Å². The highest BCUT2D eigenvalue weighted by molar-refractivity contribution is 6.30. The molecule has 0 bridgehead atoms. The van der Waals surface area contributed by atoms with Crippen LogP contribution in [-0.2, 0) is 6.42 Å². The Morgan fingerprint density at radius 2 is 1.89 bits per heavy atom. The lowest BCUT2D eigenvalue weighted by molar-refractivity contribution is 0.549. The predicted octanol–water partition coefficient (Wildman–Crippen LogP) is 3.53. The van der Waals surface area contributed by atoms with E-state index in [9.17, 15) is 4.39 Å². The number of hydrazine groups is 1. The van der Waals surface area contributed by atoms with Crippen LogP contribution in [0.4, 0.5) is 4.39 Å². The molecule has 0 aliphatic carbocycles. The normalized spacial score (nSPS) is 12.4. The molecule has 0 saturated carbocycles. The molecule has 0 aromatic heterocycles. The van der Waals surface area contributed by atoms with Crippen LogP contribution in [0.5, 0.6) is 0 Å². The SMILES string of the molecule is Cc1cc(F)ccc1CC(NN)c1ccc(Cl)cc1. The summed E-state index contributed by atoms with van der Waals surface area (Å²) in [5, 5.41) is 0.692. The van der Waals surface area contributed by atoms with Crippen molar-refractivity contribution in [3.63, 3.8) is 0 Å². The fourth-order valence-electron chi connectivity index (χ4n) is 2.08. The summed E-state index contributed by atoms with van der Waals surface area (Å²) < 4.78 is 13.1. The van der Waals surface area contributed by atoms with Gasteiger partial charge in [-0.25, -0.2) is 4.39 Å². The van der Waals surface area contributed by atoms with Crippen molar-refractivity contribution in [1.29, 1.82) is 0 Å². The minimum absolute atomic E-state index is 0.0265. The lowest BCUT2D eigenvalue weighted by Crippen LogP contribution is -2.29.